The maximum absolute atomic E-state index is 13.6. The molecule has 3 N–H and O–H groups in total. The first-order valence-corrected chi connectivity index (χ1v) is 5.18. The van der Waals surface area contributed by atoms with Gasteiger partial charge in [0, 0.05) is 16.5 Å². The molecule has 0 aliphatic rings. The number of nitrogens with two attached hydrogens (primary N) is 1. The Balaban J connectivity index is 2.73. The lowest BCUT2D eigenvalue weighted by Crippen LogP contribution is -2.31. The average molecular weight is 276 g/mol. The molecule has 1 aromatic carbocycles. The van der Waals surface area contributed by atoms with Gasteiger partial charge >= 0.3 is 5.97 Å². The van der Waals surface area contributed by atoms with Gasteiger partial charge in [-0.05, 0) is 6.07 Å². The molecular weight excluding hydrogens is 265 g/mol. The molecule has 82 valence electrons. The van der Waals surface area contributed by atoms with Gasteiger partial charge in [0.15, 0.2) is 0 Å². The fourth-order valence-corrected chi connectivity index (χ4v) is 1.71. The van der Waals surface area contributed by atoms with Crippen LogP contribution in [-0.4, -0.2) is 17.1 Å². The number of halogens is 2. The highest BCUT2D eigenvalue weighted by Crippen LogP contribution is 2.28. The summed E-state index contributed by atoms with van der Waals surface area (Å²) in [6, 6.07) is 5.58. The van der Waals surface area contributed by atoms with Gasteiger partial charge in [-0.15, -0.1) is 0 Å². The lowest BCUT2D eigenvalue weighted by atomic mass is 10.0. The maximum atomic E-state index is 13.6. The SMILES string of the molecule is NC(CC(F)c1ccccc1Br)C(=O)O. The van der Waals surface area contributed by atoms with Crippen LogP contribution in [0.3, 0.4) is 0 Å². The second-order valence-corrected chi connectivity index (χ2v) is 4.02. The first kappa shape index (κ1) is 12.1. The number of carbonyl (C=O) groups is 1. The van der Waals surface area contributed by atoms with Crippen molar-refractivity contribution < 1.29 is 14.3 Å². The van der Waals surface area contributed by atoms with E-state index < -0.39 is 18.2 Å². The molecule has 0 saturated heterocycles. The van der Waals surface area contributed by atoms with Crippen LogP contribution in [-0.2, 0) is 4.79 Å². The van der Waals surface area contributed by atoms with Crippen molar-refractivity contribution >= 4 is 21.9 Å². The van der Waals surface area contributed by atoms with Crippen LogP contribution in [0.25, 0.3) is 0 Å². The lowest BCUT2D eigenvalue weighted by molar-refractivity contribution is -0.139. The summed E-state index contributed by atoms with van der Waals surface area (Å²) in [5, 5.41) is 8.54. The van der Waals surface area contributed by atoms with Gasteiger partial charge in [-0.1, -0.05) is 34.1 Å². The molecule has 15 heavy (non-hydrogen) atoms. The van der Waals surface area contributed by atoms with Gasteiger partial charge in [0.25, 0.3) is 0 Å². The summed E-state index contributed by atoms with van der Waals surface area (Å²) < 4.78 is 14.3. The summed E-state index contributed by atoms with van der Waals surface area (Å²) in [5.74, 6) is -1.19. The Kier molecular flexibility index (Phi) is 4.23. The van der Waals surface area contributed by atoms with E-state index in [2.05, 4.69) is 15.9 Å². The van der Waals surface area contributed by atoms with Gasteiger partial charge in [0.05, 0.1) is 0 Å². The molecule has 0 aromatic heterocycles. The Hall–Kier alpha value is -0.940. The molecular formula is C10H11BrFNO2. The number of carboxylic acid groups (broad SMARTS) is 1. The van der Waals surface area contributed by atoms with Crippen LogP contribution in [0.5, 0.6) is 0 Å². The molecule has 0 aliphatic carbocycles. The predicted octanol–water partition coefficient (Wildman–Crippen LogP) is 2.26. The highest BCUT2D eigenvalue weighted by atomic mass is 79.9. The third-order valence-electron chi connectivity index (χ3n) is 2.02. The molecule has 0 heterocycles. The number of benzene rings is 1. The number of rotatable bonds is 4. The Morgan fingerprint density at radius 1 is 1.53 bits per heavy atom. The van der Waals surface area contributed by atoms with E-state index in [0.717, 1.165) is 0 Å². The summed E-state index contributed by atoms with van der Waals surface area (Å²) in [6.07, 6.45) is -1.59. The first-order chi connectivity index (χ1) is 7.02. The molecule has 1 rings (SSSR count). The third-order valence-corrected chi connectivity index (χ3v) is 2.74. The van der Waals surface area contributed by atoms with Crippen molar-refractivity contribution in [2.75, 3.05) is 0 Å². The van der Waals surface area contributed by atoms with Crippen molar-refractivity contribution in [2.24, 2.45) is 5.73 Å². The number of carboxylic acids is 1. The quantitative estimate of drug-likeness (QED) is 0.886. The molecule has 0 fully saturated rings. The smallest absolute Gasteiger partial charge is 0.320 e. The average Bonchev–Trinajstić information content (AvgIpc) is 2.18. The van der Waals surface area contributed by atoms with Gasteiger partial charge in [-0.25, -0.2) is 4.39 Å². The van der Waals surface area contributed by atoms with E-state index in [9.17, 15) is 9.18 Å². The zero-order valence-corrected chi connectivity index (χ0v) is 9.45. The van der Waals surface area contributed by atoms with E-state index >= 15 is 0 Å². The van der Waals surface area contributed by atoms with Crippen molar-refractivity contribution in [3.05, 3.63) is 34.3 Å². The molecule has 0 amide bonds. The molecule has 0 aliphatic heterocycles. The lowest BCUT2D eigenvalue weighted by Gasteiger charge is -2.12. The number of alkyl halides is 1. The van der Waals surface area contributed by atoms with Gasteiger partial charge in [0.2, 0.25) is 0 Å². The highest BCUT2D eigenvalue weighted by molar-refractivity contribution is 9.10. The second kappa shape index (κ2) is 5.23. The first-order valence-electron chi connectivity index (χ1n) is 4.39. The van der Waals surface area contributed by atoms with Crippen molar-refractivity contribution in [1.29, 1.82) is 0 Å². The van der Waals surface area contributed by atoms with Crippen LogP contribution in [0.4, 0.5) is 4.39 Å². The topological polar surface area (TPSA) is 63.3 Å². The molecule has 2 atom stereocenters. The Morgan fingerprint density at radius 3 is 2.67 bits per heavy atom. The number of hydrogen-bond acceptors (Lipinski definition) is 2. The standard InChI is InChI=1S/C10H11BrFNO2/c11-7-4-2-1-3-6(7)8(12)5-9(13)10(14)15/h1-4,8-9H,5,13H2,(H,14,15). The molecule has 2 unspecified atom stereocenters. The summed E-state index contributed by atoms with van der Waals surface area (Å²) in [7, 11) is 0. The zero-order valence-electron chi connectivity index (χ0n) is 7.86. The summed E-state index contributed by atoms with van der Waals surface area (Å²) in [5.41, 5.74) is 5.68. The normalized spacial score (nSPS) is 14.6. The minimum absolute atomic E-state index is 0.224. The number of hydrogen-bond donors (Lipinski definition) is 2. The largest absolute Gasteiger partial charge is 0.480 e. The molecule has 5 heteroatoms. The van der Waals surface area contributed by atoms with E-state index in [1.165, 1.54) is 0 Å². The Morgan fingerprint density at radius 2 is 2.13 bits per heavy atom. The minimum atomic E-state index is -1.37. The second-order valence-electron chi connectivity index (χ2n) is 3.17. The van der Waals surface area contributed by atoms with Gasteiger partial charge in [-0.3, -0.25) is 4.79 Å². The fraction of sp³-hybridized carbons (Fsp3) is 0.300. The molecule has 3 nitrogen and oxygen atoms in total. The van der Waals surface area contributed by atoms with E-state index in [0.29, 0.717) is 10.0 Å². The zero-order chi connectivity index (χ0) is 11.4. The van der Waals surface area contributed by atoms with Gasteiger partial charge in [0.1, 0.15) is 12.2 Å². The molecule has 0 saturated carbocycles. The molecule has 0 spiro atoms. The van der Waals surface area contributed by atoms with Crippen molar-refractivity contribution in [1.82, 2.24) is 0 Å². The Labute approximate surface area is 95.2 Å². The maximum Gasteiger partial charge on any atom is 0.320 e. The summed E-state index contributed by atoms with van der Waals surface area (Å²) in [4.78, 5) is 10.4. The third kappa shape index (κ3) is 3.28. The Bertz CT molecular complexity index is 359. The minimum Gasteiger partial charge on any atom is -0.480 e. The van der Waals surface area contributed by atoms with Crippen LogP contribution in [0.2, 0.25) is 0 Å². The van der Waals surface area contributed by atoms with E-state index in [1.54, 1.807) is 24.3 Å². The fourth-order valence-electron chi connectivity index (χ4n) is 1.18. The summed E-state index contributed by atoms with van der Waals surface area (Å²) in [6.45, 7) is 0. The van der Waals surface area contributed by atoms with Crippen molar-refractivity contribution in [3.8, 4) is 0 Å². The van der Waals surface area contributed by atoms with Crippen LogP contribution in [0.15, 0.2) is 28.7 Å². The van der Waals surface area contributed by atoms with Crippen LogP contribution in [0, 0.1) is 0 Å². The van der Waals surface area contributed by atoms with Crippen molar-refractivity contribution in [3.63, 3.8) is 0 Å². The monoisotopic (exact) mass is 275 g/mol. The predicted molar refractivity (Wildman–Crippen MR) is 58.2 cm³/mol. The van der Waals surface area contributed by atoms with E-state index in [1.807, 2.05) is 0 Å². The molecule has 1 aromatic rings. The van der Waals surface area contributed by atoms with E-state index in [-0.39, 0.29) is 6.42 Å². The molecule has 0 radical (unpaired) electrons. The van der Waals surface area contributed by atoms with Crippen LogP contribution in [0.1, 0.15) is 18.2 Å². The van der Waals surface area contributed by atoms with E-state index in [4.69, 9.17) is 10.8 Å². The number of aliphatic carboxylic acids is 1. The summed E-state index contributed by atoms with van der Waals surface area (Å²) >= 11 is 3.20. The van der Waals surface area contributed by atoms with Gasteiger partial charge in [-0.2, -0.15) is 0 Å². The van der Waals surface area contributed by atoms with Crippen molar-refractivity contribution in [2.45, 2.75) is 18.6 Å². The van der Waals surface area contributed by atoms with Crippen LogP contribution >= 0.6 is 15.9 Å². The highest BCUT2D eigenvalue weighted by Gasteiger charge is 2.20. The van der Waals surface area contributed by atoms with Gasteiger partial charge < -0.3 is 10.8 Å². The van der Waals surface area contributed by atoms with Crippen LogP contribution < -0.4 is 5.73 Å². The molecule has 0 bridgehead atoms.